The molecular formula is C22H26ClFN2O2. The van der Waals surface area contributed by atoms with E-state index in [2.05, 4.69) is 10.2 Å². The Morgan fingerprint density at radius 2 is 1.96 bits per heavy atom. The summed E-state index contributed by atoms with van der Waals surface area (Å²) in [5.41, 5.74) is 0.638. The third-order valence-corrected chi connectivity index (χ3v) is 5.23. The summed E-state index contributed by atoms with van der Waals surface area (Å²) in [6.45, 7) is 4.46. The van der Waals surface area contributed by atoms with Gasteiger partial charge in [0.05, 0.1) is 6.04 Å². The van der Waals surface area contributed by atoms with Crippen LogP contribution in [0, 0.1) is 11.7 Å². The maximum Gasteiger partial charge on any atom is 0.223 e. The van der Waals surface area contributed by atoms with Crippen molar-refractivity contribution in [3.63, 3.8) is 0 Å². The number of ether oxygens (including phenoxy) is 1. The molecule has 1 heterocycles. The zero-order valence-electron chi connectivity index (χ0n) is 16.0. The van der Waals surface area contributed by atoms with Gasteiger partial charge in [0.15, 0.2) is 0 Å². The SMILES string of the molecule is C[C@H](COc1ccccc1)NC(=O)C1CCN(Cc2ccc(Cl)cc2F)CC1. The highest BCUT2D eigenvalue weighted by atomic mass is 35.5. The zero-order valence-corrected chi connectivity index (χ0v) is 16.8. The predicted octanol–water partition coefficient (Wildman–Crippen LogP) is 4.27. The normalized spacial score (nSPS) is 16.5. The minimum absolute atomic E-state index is 0.00881. The lowest BCUT2D eigenvalue weighted by Gasteiger charge is -2.32. The standard InChI is InChI=1S/C22H26ClFN2O2/c1-16(15-28-20-5-3-2-4-6-20)25-22(27)17-9-11-26(12-10-17)14-18-7-8-19(23)13-21(18)24/h2-8,13,16-17H,9-12,14-15H2,1H3,(H,25,27)/t16-/m1/s1. The largest absolute Gasteiger partial charge is 0.491 e. The molecule has 1 saturated heterocycles. The number of carbonyl (C=O) groups is 1. The zero-order chi connectivity index (χ0) is 19.9. The lowest BCUT2D eigenvalue weighted by molar-refractivity contribution is -0.127. The van der Waals surface area contributed by atoms with Gasteiger partial charge in [0.2, 0.25) is 5.91 Å². The van der Waals surface area contributed by atoms with E-state index >= 15 is 0 Å². The van der Waals surface area contributed by atoms with Gasteiger partial charge in [-0.2, -0.15) is 0 Å². The van der Waals surface area contributed by atoms with Crippen molar-refractivity contribution in [2.24, 2.45) is 5.92 Å². The van der Waals surface area contributed by atoms with Crippen molar-refractivity contribution in [1.29, 1.82) is 0 Å². The highest BCUT2D eigenvalue weighted by molar-refractivity contribution is 6.30. The minimum Gasteiger partial charge on any atom is -0.491 e. The lowest BCUT2D eigenvalue weighted by atomic mass is 9.95. The van der Waals surface area contributed by atoms with Crippen LogP contribution in [-0.4, -0.2) is 36.5 Å². The van der Waals surface area contributed by atoms with E-state index in [1.165, 1.54) is 6.07 Å². The van der Waals surface area contributed by atoms with Crippen molar-refractivity contribution in [2.45, 2.75) is 32.4 Å². The van der Waals surface area contributed by atoms with Gasteiger partial charge in [0.1, 0.15) is 18.2 Å². The molecule has 1 atom stereocenters. The number of piperidine rings is 1. The molecule has 1 aliphatic heterocycles. The average molecular weight is 405 g/mol. The second-order valence-corrected chi connectivity index (χ2v) is 7.76. The first-order valence-electron chi connectivity index (χ1n) is 9.66. The molecule has 0 radical (unpaired) electrons. The molecule has 3 rings (SSSR count). The number of benzene rings is 2. The van der Waals surface area contributed by atoms with Gasteiger partial charge in [0, 0.05) is 23.0 Å². The second-order valence-electron chi connectivity index (χ2n) is 7.32. The molecule has 1 aliphatic rings. The summed E-state index contributed by atoms with van der Waals surface area (Å²) in [4.78, 5) is 14.7. The molecular weight excluding hydrogens is 379 g/mol. The number of hydrogen-bond donors (Lipinski definition) is 1. The molecule has 0 saturated carbocycles. The molecule has 0 spiro atoms. The van der Waals surface area contributed by atoms with E-state index in [0.717, 1.165) is 31.7 Å². The average Bonchev–Trinajstić information content (AvgIpc) is 2.70. The van der Waals surface area contributed by atoms with Gasteiger partial charge in [-0.3, -0.25) is 9.69 Å². The first kappa shape index (κ1) is 20.6. The van der Waals surface area contributed by atoms with Crippen molar-refractivity contribution < 1.29 is 13.9 Å². The van der Waals surface area contributed by atoms with Gasteiger partial charge in [-0.15, -0.1) is 0 Å². The van der Waals surface area contributed by atoms with Crippen molar-refractivity contribution in [1.82, 2.24) is 10.2 Å². The van der Waals surface area contributed by atoms with Crippen LogP contribution in [0.15, 0.2) is 48.5 Å². The van der Waals surface area contributed by atoms with E-state index in [-0.39, 0.29) is 23.7 Å². The number of halogens is 2. The molecule has 1 amide bonds. The summed E-state index contributed by atoms with van der Waals surface area (Å²) in [6.07, 6.45) is 1.54. The molecule has 1 fully saturated rings. The van der Waals surface area contributed by atoms with Crippen molar-refractivity contribution in [3.05, 3.63) is 64.9 Å². The molecule has 2 aromatic rings. The van der Waals surface area contributed by atoms with Gasteiger partial charge in [-0.1, -0.05) is 35.9 Å². The van der Waals surface area contributed by atoms with Crippen molar-refractivity contribution in [2.75, 3.05) is 19.7 Å². The van der Waals surface area contributed by atoms with E-state index in [1.54, 1.807) is 12.1 Å². The maximum atomic E-state index is 14.0. The monoisotopic (exact) mass is 404 g/mol. The van der Waals surface area contributed by atoms with Gasteiger partial charge in [-0.05, 0) is 57.1 Å². The Labute approximate surface area is 170 Å². The van der Waals surface area contributed by atoms with E-state index in [9.17, 15) is 9.18 Å². The van der Waals surface area contributed by atoms with Crippen molar-refractivity contribution in [3.8, 4) is 5.75 Å². The first-order valence-corrected chi connectivity index (χ1v) is 10.0. The third-order valence-electron chi connectivity index (χ3n) is 5.00. The van der Waals surface area contributed by atoms with Crippen LogP contribution in [0.25, 0.3) is 0 Å². The number of hydrogen-bond acceptors (Lipinski definition) is 3. The third kappa shape index (κ3) is 5.94. The van der Waals surface area contributed by atoms with Crippen LogP contribution in [0.2, 0.25) is 5.02 Å². The van der Waals surface area contributed by atoms with Crippen molar-refractivity contribution >= 4 is 17.5 Å². The van der Waals surface area contributed by atoms with Crippen LogP contribution in [0.3, 0.4) is 0 Å². The maximum absolute atomic E-state index is 14.0. The Morgan fingerprint density at radius 3 is 2.64 bits per heavy atom. The number of nitrogens with zero attached hydrogens (tertiary/aromatic N) is 1. The summed E-state index contributed by atoms with van der Waals surface area (Å²) < 4.78 is 19.7. The van der Waals surface area contributed by atoms with Gasteiger partial charge >= 0.3 is 0 Å². The topological polar surface area (TPSA) is 41.6 Å². The molecule has 28 heavy (non-hydrogen) atoms. The Kier molecular flexibility index (Phi) is 7.29. The second kappa shape index (κ2) is 9.89. The van der Waals surface area contributed by atoms with E-state index in [0.29, 0.717) is 23.7 Å². The molecule has 4 nitrogen and oxygen atoms in total. The number of para-hydroxylation sites is 1. The van der Waals surface area contributed by atoms with Crippen LogP contribution in [0.4, 0.5) is 4.39 Å². The Morgan fingerprint density at radius 1 is 1.25 bits per heavy atom. The minimum atomic E-state index is -0.278. The predicted molar refractivity (Wildman–Crippen MR) is 109 cm³/mol. The Balaban J connectivity index is 1.40. The van der Waals surface area contributed by atoms with Gasteiger partial charge in [-0.25, -0.2) is 4.39 Å². The summed E-state index contributed by atoms with van der Waals surface area (Å²) in [5.74, 6) is 0.581. The molecule has 0 bridgehead atoms. The summed E-state index contributed by atoms with van der Waals surface area (Å²) >= 11 is 5.81. The molecule has 0 aliphatic carbocycles. The van der Waals surface area contributed by atoms with Crippen LogP contribution in [0.1, 0.15) is 25.3 Å². The van der Waals surface area contributed by atoms with Crippen LogP contribution < -0.4 is 10.1 Å². The number of rotatable bonds is 7. The smallest absolute Gasteiger partial charge is 0.223 e. The van der Waals surface area contributed by atoms with Gasteiger partial charge in [0.25, 0.3) is 0 Å². The fraction of sp³-hybridized carbons (Fsp3) is 0.409. The fourth-order valence-corrected chi connectivity index (χ4v) is 3.54. The first-order chi connectivity index (χ1) is 13.5. The molecule has 0 aromatic heterocycles. The molecule has 1 N–H and O–H groups in total. The number of nitrogens with one attached hydrogen (secondary N) is 1. The van der Waals surface area contributed by atoms with Gasteiger partial charge < -0.3 is 10.1 Å². The van der Waals surface area contributed by atoms with E-state index in [4.69, 9.17) is 16.3 Å². The fourth-order valence-electron chi connectivity index (χ4n) is 3.38. The Hall–Kier alpha value is -2.11. The van der Waals surface area contributed by atoms with E-state index in [1.807, 2.05) is 37.3 Å². The Bertz CT molecular complexity index is 779. The highest BCUT2D eigenvalue weighted by Crippen LogP contribution is 2.22. The van der Waals surface area contributed by atoms with Crippen LogP contribution >= 0.6 is 11.6 Å². The van der Waals surface area contributed by atoms with E-state index < -0.39 is 0 Å². The summed E-state index contributed by atoms with van der Waals surface area (Å²) in [5, 5.41) is 3.45. The molecule has 2 aromatic carbocycles. The van der Waals surface area contributed by atoms with Crippen LogP contribution in [-0.2, 0) is 11.3 Å². The molecule has 150 valence electrons. The van der Waals surface area contributed by atoms with Crippen LogP contribution in [0.5, 0.6) is 5.75 Å². The summed E-state index contributed by atoms with van der Waals surface area (Å²) in [6, 6.07) is 14.3. The molecule has 0 unspecified atom stereocenters. The number of amides is 1. The lowest BCUT2D eigenvalue weighted by Crippen LogP contribution is -2.44. The number of likely N-dealkylation sites (tertiary alicyclic amines) is 1. The number of carbonyl (C=O) groups excluding carboxylic acids is 1. The summed E-state index contributed by atoms with van der Waals surface area (Å²) in [7, 11) is 0. The highest BCUT2D eigenvalue weighted by Gasteiger charge is 2.26. The molecule has 6 heteroatoms. The quantitative estimate of drug-likeness (QED) is 0.749.